The Morgan fingerprint density at radius 2 is 1.30 bits per heavy atom. The van der Waals surface area contributed by atoms with Crippen molar-refractivity contribution >= 4 is 22.6 Å². The molecule has 0 unspecified atom stereocenters. The van der Waals surface area contributed by atoms with Gasteiger partial charge in [-0.1, -0.05) is 60.2 Å². The number of nitrogens with zero attached hydrogens (tertiary/aromatic N) is 2. The zero-order chi connectivity index (χ0) is 22.2. The maximum absolute atomic E-state index is 4.71. The molecule has 0 spiro atoms. The highest BCUT2D eigenvalue weighted by atomic mass is 15.0. The maximum Gasteiger partial charge on any atom is 0.0650 e. The van der Waals surface area contributed by atoms with Gasteiger partial charge in [-0.05, 0) is 59.7 Å². The first-order valence-electron chi connectivity index (χ1n) is 12.1. The summed E-state index contributed by atoms with van der Waals surface area (Å²) in [7, 11) is 0. The zero-order valence-corrected chi connectivity index (χ0v) is 19.1. The summed E-state index contributed by atoms with van der Waals surface area (Å²) < 4.78 is 0. The molecule has 166 valence electrons. The molecule has 2 atom stereocenters. The molecular formula is C29H30N4. The Bertz CT molecular complexity index is 1200. The number of benzene rings is 2. The SMILES string of the molecule is CC1=C[C@@H](C2=NC=C(c3ccc(-c4ccc(C5=CN=C([C@@H]6CCCN6)C5)cc4)cc3)C2)NC1. The quantitative estimate of drug-likeness (QED) is 0.620. The largest absolute Gasteiger partial charge is 0.309 e. The van der Waals surface area contributed by atoms with Crippen molar-refractivity contribution < 1.29 is 0 Å². The molecular weight excluding hydrogens is 404 g/mol. The predicted octanol–water partition coefficient (Wildman–Crippen LogP) is 5.39. The monoisotopic (exact) mass is 434 g/mol. The van der Waals surface area contributed by atoms with Gasteiger partial charge in [-0.3, -0.25) is 9.98 Å². The van der Waals surface area contributed by atoms with E-state index in [-0.39, 0.29) is 0 Å². The predicted molar refractivity (Wildman–Crippen MR) is 139 cm³/mol. The summed E-state index contributed by atoms with van der Waals surface area (Å²) in [6.07, 6.45) is 10.8. The van der Waals surface area contributed by atoms with Crippen molar-refractivity contribution in [1.82, 2.24) is 10.6 Å². The first kappa shape index (κ1) is 20.5. The normalized spacial score (nSPS) is 24.5. The third-order valence-electron chi connectivity index (χ3n) is 7.23. The van der Waals surface area contributed by atoms with Gasteiger partial charge in [-0.2, -0.15) is 0 Å². The van der Waals surface area contributed by atoms with E-state index >= 15 is 0 Å². The van der Waals surface area contributed by atoms with Gasteiger partial charge in [0.15, 0.2) is 0 Å². The van der Waals surface area contributed by atoms with Gasteiger partial charge >= 0.3 is 0 Å². The van der Waals surface area contributed by atoms with Gasteiger partial charge in [-0.25, -0.2) is 0 Å². The molecule has 0 saturated carbocycles. The van der Waals surface area contributed by atoms with Crippen LogP contribution in [0.25, 0.3) is 22.3 Å². The van der Waals surface area contributed by atoms with Crippen LogP contribution < -0.4 is 10.6 Å². The summed E-state index contributed by atoms with van der Waals surface area (Å²) in [5.41, 5.74) is 11.6. The van der Waals surface area contributed by atoms with E-state index in [1.54, 1.807) is 0 Å². The Labute approximate surface area is 195 Å². The minimum Gasteiger partial charge on any atom is -0.309 e. The van der Waals surface area contributed by atoms with E-state index in [0.29, 0.717) is 12.1 Å². The van der Waals surface area contributed by atoms with Gasteiger partial charge in [0.05, 0.1) is 6.04 Å². The Hall–Kier alpha value is -3.08. The molecule has 1 saturated heterocycles. The first-order chi connectivity index (χ1) is 16.2. The maximum atomic E-state index is 4.71. The number of allylic oxidation sites excluding steroid dienone is 2. The topological polar surface area (TPSA) is 48.8 Å². The van der Waals surface area contributed by atoms with Crippen molar-refractivity contribution in [2.45, 2.75) is 44.7 Å². The molecule has 4 nitrogen and oxygen atoms in total. The number of hydrogen-bond acceptors (Lipinski definition) is 4. The average Bonchev–Trinajstić information content (AvgIpc) is 3.66. The molecule has 0 aliphatic carbocycles. The highest BCUT2D eigenvalue weighted by Gasteiger charge is 2.24. The van der Waals surface area contributed by atoms with E-state index < -0.39 is 0 Å². The van der Waals surface area contributed by atoms with Crippen LogP contribution >= 0.6 is 0 Å². The van der Waals surface area contributed by atoms with Crippen molar-refractivity contribution in [2.24, 2.45) is 9.98 Å². The van der Waals surface area contributed by atoms with E-state index in [4.69, 9.17) is 9.98 Å². The lowest BCUT2D eigenvalue weighted by Crippen LogP contribution is -2.30. The second-order valence-corrected chi connectivity index (χ2v) is 9.58. The smallest absolute Gasteiger partial charge is 0.0650 e. The van der Waals surface area contributed by atoms with Gasteiger partial charge in [0.2, 0.25) is 0 Å². The summed E-state index contributed by atoms with van der Waals surface area (Å²) >= 11 is 0. The van der Waals surface area contributed by atoms with Crippen LogP contribution in [0.4, 0.5) is 0 Å². The molecule has 4 aliphatic rings. The lowest BCUT2D eigenvalue weighted by molar-refractivity contribution is 0.756. The van der Waals surface area contributed by atoms with Gasteiger partial charge in [0.1, 0.15) is 0 Å². The van der Waals surface area contributed by atoms with Crippen molar-refractivity contribution in [2.75, 3.05) is 13.1 Å². The molecule has 2 N–H and O–H groups in total. The van der Waals surface area contributed by atoms with Gasteiger partial charge in [-0.15, -0.1) is 0 Å². The van der Waals surface area contributed by atoms with Crippen LogP contribution in [-0.2, 0) is 0 Å². The summed E-state index contributed by atoms with van der Waals surface area (Å²) in [4.78, 5) is 9.41. The van der Waals surface area contributed by atoms with E-state index in [2.05, 4.69) is 78.4 Å². The van der Waals surface area contributed by atoms with Gasteiger partial charge in [0.25, 0.3) is 0 Å². The van der Waals surface area contributed by atoms with Crippen LogP contribution in [0.2, 0.25) is 0 Å². The highest BCUT2D eigenvalue weighted by Crippen LogP contribution is 2.31. The number of nitrogens with one attached hydrogen (secondary N) is 2. The Balaban J connectivity index is 1.09. The fraction of sp³-hybridized carbons (Fsp3) is 0.310. The zero-order valence-electron chi connectivity index (χ0n) is 19.1. The molecule has 4 heterocycles. The van der Waals surface area contributed by atoms with Gasteiger partial charge < -0.3 is 10.6 Å². The molecule has 4 aliphatic heterocycles. The fourth-order valence-electron chi connectivity index (χ4n) is 5.26. The average molecular weight is 435 g/mol. The molecule has 6 rings (SSSR count). The second kappa shape index (κ2) is 8.69. The Kier molecular flexibility index (Phi) is 5.41. The summed E-state index contributed by atoms with van der Waals surface area (Å²) in [6, 6.07) is 18.6. The van der Waals surface area contributed by atoms with E-state index in [1.807, 2.05) is 6.20 Å². The van der Waals surface area contributed by atoms with Crippen molar-refractivity contribution in [3.63, 3.8) is 0 Å². The summed E-state index contributed by atoms with van der Waals surface area (Å²) in [5, 5.41) is 7.08. The molecule has 2 aromatic rings. The van der Waals surface area contributed by atoms with Crippen LogP contribution in [0.5, 0.6) is 0 Å². The van der Waals surface area contributed by atoms with Crippen LogP contribution in [0.15, 0.2) is 82.6 Å². The number of rotatable bonds is 5. The molecule has 0 aromatic heterocycles. The van der Waals surface area contributed by atoms with E-state index in [1.165, 1.54) is 63.2 Å². The minimum atomic E-state index is 0.294. The standard InChI is InChI=1S/C29H30N4/c1-19-13-27(31-16-19)29-15-25(18-33-29)23-10-6-21(7-11-23)20-4-8-22(9-5-20)24-14-28(32-17-24)26-3-2-12-30-26/h4-11,13,17-18,26-27,30-31H,2-3,12,14-16H2,1H3/t26-,27-/m0/s1. The van der Waals surface area contributed by atoms with Crippen LogP contribution in [0.3, 0.4) is 0 Å². The molecule has 0 amide bonds. The summed E-state index contributed by atoms with van der Waals surface area (Å²) in [6.45, 7) is 4.26. The molecule has 2 aromatic carbocycles. The van der Waals surface area contributed by atoms with Crippen LogP contribution in [0, 0.1) is 0 Å². The molecule has 33 heavy (non-hydrogen) atoms. The van der Waals surface area contributed by atoms with Crippen molar-refractivity contribution in [3.8, 4) is 11.1 Å². The van der Waals surface area contributed by atoms with Crippen LogP contribution in [0.1, 0.15) is 43.7 Å². The lowest BCUT2D eigenvalue weighted by atomic mass is 9.95. The summed E-state index contributed by atoms with van der Waals surface area (Å²) in [5.74, 6) is 0. The molecule has 1 fully saturated rings. The minimum absolute atomic E-state index is 0.294. The van der Waals surface area contributed by atoms with Crippen molar-refractivity contribution in [3.05, 3.63) is 83.7 Å². The van der Waals surface area contributed by atoms with Crippen LogP contribution in [-0.4, -0.2) is 36.6 Å². The fourth-order valence-corrected chi connectivity index (χ4v) is 5.26. The Morgan fingerprint density at radius 1 is 0.727 bits per heavy atom. The molecule has 0 radical (unpaired) electrons. The molecule has 0 bridgehead atoms. The second-order valence-electron chi connectivity index (χ2n) is 9.58. The molecule has 4 heteroatoms. The third kappa shape index (κ3) is 4.17. The van der Waals surface area contributed by atoms with E-state index in [9.17, 15) is 0 Å². The van der Waals surface area contributed by atoms with Crippen molar-refractivity contribution in [1.29, 1.82) is 0 Å². The third-order valence-corrected chi connectivity index (χ3v) is 7.23. The highest BCUT2D eigenvalue weighted by molar-refractivity contribution is 6.03. The van der Waals surface area contributed by atoms with E-state index in [0.717, 1.165) is 25.9 Å². The first-order valence-corrected chi connectivity index (χ1v) is 12.1. The number of aliphatic imine (C=N–C) groups is 2. The lowest BCUT2D eigenvalue weighted by Gasteiger charge is -2.11. The van der Waals surface area contributed by atoms with Gasteiger partial charge in [0, 0.05) is 49.3 Å². The number of hydrogen-bond donors (Lipinski definition) is 2. The Morgan fingerprint density at radius 3 is 1.85 bits per heavy atom.